The molecule has 0 atom stereocenters. The van der Waals surface area contributed by atoms with Crippen LogP contribution in [0.5, 0.6) is 0 Å². The lowest BCUT2D eigenvalue weighted by Gasteiger charge is -2.10. The van der Waals surface area contributed by atoms with Gasteiger partial charge in [0, 0.05) is 24.2 Å². The van der Waals surface area contributed by atoms with Crippen LogP contribution in [0.25, 0.3) is 10.9 Å². The minimum absolute atomic E-state index is 0.299. The fraction of sp³-hybridized carbons (Fsp3) is 0.130. The Bertz CT molecular complexity index is 1180. The number of para-hydroxylation sites is 1. The zero-order valence-electron chi connectivity index (χ0n) is 16.3. The third-order valence-corrected chi connectivity index (χ3v) is 4.51. The van der Waals surface area contributed by atoms with E-state index in [9.17, 15) is 4.79 Å². The monoisotopic (exact) mass is 383 g/mol. The maximum atomic E-state index is 12.8. The van der Waals surface area contributed by atoms with Crippen molar-refractivity contribution in [1.82, 2.24) is 15.0 Å². The molecular formula is C23H21N5O. The van der Waals surface area contributed by atoms with Gasteiger partial charge in [-0.25, -0.2) is 9.97 Å². The molecule has 29 heavy (non-hydrogen) atoms. The molecule has 4 rings (SSSR count). The van der Waals surface area contributed by atoms with Crippen LogP contribution in [0.1, 0.15) is 27.4 Å². The number of nitrogens with one attached hydrogen (secondary N) is 2. The Labute approximate surface area is 169 Å². The van der Waals surface area contributed by atoms with E-state index < -0.39 is 0 Å². The molecule has 0 spiro atoms. The molecule has 2 heterocycles. The van der Waals surface area contributed by atoms with Gasteiger partial charge in [0.1, 0.15) is 17.3 Å². The van der Waals surface area contributed by atoms with Gasteiger partial charge in [0.15, 0.2) is 0 Å². The lowest BCUT2D eigenvalue weighted by Crippen LogP contribution is -2.16. The number of aryl methyl sites for hydroxylation is 2. The van der Waals surface area contributed by atoms with Crippen LogP contribution in [0.15, 0.2) is 66.9 Å². The summed E-state index contributed by atoms with van der Waals surface area (Å²) in [6.45, 7) is 4.45. The zero-order chi connectivity index (χ0) is 20.2. The number of aromatic nitrogens is 3. The molecule has 2 N–H and O–H groups in total. The van der Waals surface area contributed by atoms with Crippen LogP contribution in [0.4, 0.5) is 11.5 Å². The molecule has 4 aromatic rings. The fourth-order valence-electron chi connectivity index (χ4n) is 3.18. The number of hydrogen-bond donors (Lipinski definition) is 2. The van der Waals surface area contributed by atoms with Crippen LogP contribution >= 0.6 is 0 Å². The SMILES string of the molecule is Cc1cccc(CNc2cc(C(=O)Nc3cccc4cccnc34)nc(C)n2)c1. The number of hydrogen-bond acceptors (Lipinski definition) is 5. The van der Waals surface area contributed by atoms with Crippen LogP contribution in [0.3, 0.4) is 0 Å². The third kappa shape index (κ3) is 4.38. The summed E-state index contributed by atoms with van der Waals surface area (Å²) in [6, 6.07) is 19.4. The molecule has 6 heteroatoms. The molecule has 2 aromatic carbocycles. The van der Waals surface area contributed by atoms with Gasteiger partial charge in [-0.1, -0.05) is 48.0 Å². The first-order chi connectivity index (χ1) is 14.1. The van der Waals surface area contributed by atoms with Gasteiger partial charge >= 0.3 is 0 Å². The predicted octanol–water partition coefficient (Wildman–Crippen LogP) is 4.51. The number of carbonyl (C=O) groups is 1. The van der Waals surface area contributed by atoms with Crippen LogP contribution in [-0.4, -0.2) is 20.9 Å². The van der Waals surface area contributed by atoms with E-state index in [4.69, 9.17) is 0 Å². The van der Waals surface area contributed by atoms with Gasteiger partial charge in [0.2, 0.25) is 0 Å². The van der Waals surface area contributed by atoms with E-state index in [1.807, 2.05) is 36.4 Å². The molecule has 0 unspecified atom stereocenters. The molecule has 0 aliphatic rings. The molecule has 0 radical (unpaired) electrons. The molecule has 0 saturated heterocycles. The van der Waals surface area contributed by atoms with Crippen molar-refractivity contribution in [3.8, 4) is 0 Å². The highest BCUT2D eigenvalue weighted by molar-refractivity contribution is 6.07. The van der Waals surface area contributed by atoms with Gasteiger partial charge < -0.3 is 10.6 Å². The Morgan fingerprint density at radius 2 is 1.79 bits per heavy atom. The lowest BCUT2D eigenvalue weighted by atomic mass is 10.1. The Hall–Kier alpha value is -3.80. The van der Waals surface area contributed by atoms with Gasteiger partial charge in [-0.15, -0.1) is 0 Å². The van der Waals surface area contributed by atoms with Gasteiger partial charge in [0.25, 0.3) is 5.91 Å². The van der Waals surface area contributed by atoms with Gasteiger partial charge in [-0.05, 0) is 31.5 Å². The number of amides is 1. The summed E-state index contributed by atoms with van der Waals surface area (Å²) in [7, 11) is 0. The summed E-state index contributed by atoms with van der Waals surface area (Å²) >= 11 is 0. The lowest BCUT2D eigenvalue weighted by molar-refractivity contribution is 0.102. The van der Waals surface area contributed by atoms with Crippen molar-refractivity contribution in [2.45, 2.75) is 20.4 Å². The number of nitrogens with zero attached hydrogens (tertiary/aromatic N) is 3. The number of anilines is 2. The van der Waals surface area contributed by atoms with E-state index >= 15 is 0 Å². The van der Waals surface area contributed by atoms with E-state index in [-0.39, 0.29) is 5.91 Å². The Balaban J connectivity index is 1.54. The maximum Gasteiger partial charge on any atom is 0.274 e. The van der Waals surface area contributed by atoms with Crippen molar-refractivity contribution in [1.29, 1.82) is 0 Å². The van der Waals surface area contributed by atoms with Gasteiger partial charge in [-0.3, -0.25) is 9.78 Å². The minimum atomic E-state index is -0.299. The number of rotatable bonds is 5. The number of pyridine rings is 1. The summed E-state index contributed by atoms with van der Waals surface area (Å²) in [5.41, 5.74) is 4.05. The van der Waals surface area contributed by atoms with Crippen molar-refractivity contribution in [3.05, 3.63) is 89.5 Å². The zero-order valence-corrected chi connectivity index (χ0v) is 16.3. The van der Waals surface area contributed by atoms with Crippen LogP contribution < -0.4 is 10.6 Å². The average Bonchev–Trinajstić information content (AvgIpc) is 2.72. The first-order valence-electron chi connectivity index (χ1n) is 9.39. The maximum absolute atomic E-state index is 12.8. The van der Waals surface area contributed by atoms with E-state index in [1.54, 1.807) is 19.2 Å². The topological polar surface area (TPSA) is 79.8 Å². The highest BCUT2D eigenvalue weighted by Crippen LogP contribution is 2.21. The van der Waals surface area contributed by atoms with Gasteiger partial charge in [-0.2, -0.15) is 0 Å². The standard InChI is InChI=1S/C23H21N5O/c1-15-6-3-7-17(12-15)14-25-21-13-20(26-16(2)27-21)23(29)28-19-10-4-8-18-9-5-11-24-22(18)19/h3-13H,14H2,1-2H3,(H,28,29)(H,25,26,27). The van der Waals surface area contributed by atoms with Gasteiger partial charge in [0.05, 0.1) is 11.2 Å². The van der Waals surface area contributed by atoms with Crippen LogP contribution in [0, 0.1) is 13.8 Å². The number of carbonyl (C=O) groups excluding carboxylic acids is 1. The van der Waals surface area contributed by atoms with Crippen molar-refractivity contribution >= 4 is 28.3 Å². The van der Waals surface area contributed by atoms with E-state index in [0.717, 1.165) is 16.5 Å². The third-order valence-electron chi connectivity index (χ3n) is 4.51. The molecule has 1 amide bonds. The molecule has 0 bridgehead atoms. The largest absolute Gasteiger partial charge is 0.366 e. The average molecular weight is 383 g/mol. The van der Waals surface area contributed by atoms with Crippen molar-refractivity contribution < 1.29 is 4.79 Å². The fourth-order valence-corrected chi connectivity index (χ4v) is 3.18. The van der Waals surface area contributed by atoms with E-state index in [1.165, 1.54) is 5.56 Å². The Kier molecular flexibility index (Phi) is 5.16. The Morgan fingerprint density at radius 3 is 2.66 bits per heavy atom. The molecule has 0 saturated carbocycles. The molecule has 0 fully saturated rings. The second-order valence-corrected chi connectivity index (χ2v) is 6.86. The second kappa shape index (κ2) is 8.06. The molecule has 6 nitrogen and oxygen atoms in total. The smallest absolute Gasteiger partial charge is 0.274 e. The van der Waals surface area contributed by atoms with Crippen LogP contribution in [0.2, 0.25) is 0 Å². The first kappa shape index (κ1) is 18.6. The molecule has 0 aliphatic heterocycles. The number of benzene rings is 2. The minimum Gasteiger partial charge on any atom is -0.366 e. The molecule has 0 aliphatic carbocycles. The van der Waals surface area contributed by atoms with Crippen molar-refractivity contribution in [2.75, 3.05) is 10.6 Å². The van der Waals surface area contributed by atoms with Crippen molar-refractivity contribution in [3.63, 3.8) is 0 Å². The van der Waals surface area contributed by atoms with E-state index in [2.05, 4.69) is 50.7 Å². The molecule has 144 valence electrons. The van der Waals surface area contributed by atoms with Crippen molar-refractivity contribution in [2.24, 2.45) is 0 Å². The second-order valence-electron chi connectivity index (χ2n) is 6.86. The highest BCUT2D eigenvalue weighted by Gasteiger charge is 2.13. The quantitative estimate of drug-likeness (QED) is 0.530. The predicted molar refractivity (Wildman–Crippen MR) is 115 cm³/mol. The van der Waals surface area contributed by atoms with Crippen LogP contribution in [-0.2, 0) is 6.54 Å². The van der Waals surface area contributed by atoms with E-state index in [0.29, 0.717) is 29.6 Å². The summed E-state index contributed by atoms with van der Waals surface area (Å²) in [5.74, 6) is 0.841. The highest BCUT2D eigenvalue weighted by atomic mass is 16.1. The number of fused-ring (bicyclic) bond motifs is 1. The summed E-state index contributed by atoms with van der Waals surface area (Å²) < 4.78 is 0. The molecule has 2 aromatic heterocycles. The molecular weight excluding hydrogens is 362 g/mol. The summed E-state index contributed by atoms with van der Waals surface area (Å²) in [4.78, 5) is 25.9. The summed E-state index contributed by atoms with van der Waals surface area (Å²) in [6.07, 6.45) is 1.71. The summed E-state index contributed by atoms with van der Waals surface area (Å²) in [5, 5.41) is 7.15. The normalized spacial score (nSPS) is 10.7. The first-order valence-corrected chi connectivity index (χ1v) is 9.39. The Morgan fingerprint density at radius 1 is 0.966 bits per heavy atom.